The Bertz CT molecular complexity index is 448. The van der Waals surface area contributed by atoms with E-state index in [1.54, 1.807) is 12.1 Å². The number of carboxylic acid groups (broad SMARTS) is 1. The molecule has 1 aliphatic heterocycles. The zero-order chi connectivity index (χ0) is 13.7. The number of carboxylic acids is 1. The number of rotatable bonds is 5. The van der Waals surface area contributed by atoms with E-state index < -0.39 is 5.97 Å². The smallest absolute Gasteiger partial charge is 0.341 e. The number of halogens is 1. The van der Waals surface area contributed by atoms with Gasteiger partial charge in [0.05, 0.1) is 0 Å². The zero-order valence-electron chi connectivity index (χ0n) is 10.6. The van der Waals surface area contributed by atoms with Gasteiger partial charge >= 0.3 is 5.97 Å². The van der Waals surface area contributed by atoms with E-state index in [-0.39, 0.29) is 6.61 Å². The summed E-state index contributed by atoms with van der Waals surface area (Å²) >= 11 is 5.92. The molecule has 0 radical (unpaired) electrons. The number of benzene rings is 1. The Morgan fingerprint density at radius 3 is 2.84 bits per heavy atom. The van der Waals surface area contributed by atoms with Crippen molar-refractivity contribution in [3.63, 3.8) is 0 Å². The molecule has 0 aromatic heterocycles. The molecular weight excluding hydrogens is 268 g/mol. The van der Waals surface area contributed by atoms with Crippen LogP contribution in [0.4, 0.5) is 0 Å². The van der Waals surface area contributed by atoms with E-state index in [1.807, 2.05) is 6.07 Å². The van der Waals surface area contributed by atoms with Gasteiger partial charge < -0.3 is 15.2 Å². The molecule has 0 aliphatic carbocycles. The van der Waals surface area contributed by atoms with Crippen molar-refractivity contribution in [1.82, 2.24) is 10.2 Å². The average molecular weight is 285 g/mol. The van der Waals surface area contributed by atoms with Crippen LogP contribution in [0, 0.1) is 0 Å². The molecule has 0 saturated carbocycles. The Balaban J connectivity index is 2.06. The molecular formula is C13H17ClN2O3. The predicted octanol–water partition coefficient (Wildman–Crippen LogP) is 1.21. The third kappa shape index (κ3) is 4.38. The summed E-state index contributed by atoms with van der Waals surface area (Å²) in [6, 6.07) is 5.36. The number of ether oxygens (including phenoxy) is 1. The van der Waals surface area contributed by atoms with Gasteiger partial charge in [0, 0.05) is 43.3 Å². The summed E-state index contributed by atoms with van der Waals surface area (Å²) in [6.07, 6.45) is 0. The van der Waals surface area contributed by atoms with Crippen LogP contribution in [-0.2, 0) is 11.3 Å². The minimum Gasteiger partial charge on any atom is -0.482 e. The molecule has 0 bridgehead atoms. The third-order valence-electron chi connectivity index (χ3n) is 2.98. The van der Waals surface area contributed by atoms with Crippen molar-refractivity contribution in [2.75, 3.05) is 32.8 Å². The van der Waals surface area contributed by atoms with Crippen LogP contribution < -0.4 is 10.1 Å². The van der Waals surface area contributed by atoms with E-state index in [1.165, 1.54) is 0 Å². The molecule has 2 N–H and O–H groups in total. The lowest BCUT2D eigenvalue weighted by molar-refractivity contribution is -0.139. The highest BCUT2D eigenvalue weighted by Crippen LogP contribution is 2.25. The first kappa shape index (κ1) is 14.1. The number of nitrogens with one attached hydrogen (secondary N) is 1. The van der Waals surface area contributed by atoms with Crippen LogP contribution in [-0.4, -0.2) is 48.8 Å². The number of aliphatic carboxylic acids is 1. The second-order valence-electron chi connectivity index (χ2n) is 4.46. The molecule has 0 amide bonds. The molecule has 6 heteroatoms. The summed E-state index contributed by atoms with van der Waals surface area (Å²) in [5.41, 5.74) is 0.965. The molecule has 1 heterocycles. The fourth-order valence-corrected chi connectivity index (χ4v) is 2.21. The number of hydrogen-bond donors (Lipinski definition) is 2. The minimum absolute atomic E-state index is 0.352. The van der Waals surface area contributed by atoms with E-state index >= 15 is 0 Å². The van der Waals surface area contributed by atoms with Crippen molar-refractivity contribution in [2.24, 2.45) is 0 Å². The van der Waals surface area contributed by atoms with Crippen LogP contribution in [0.1, 0.15) is 5.56 Å². The summed E-state index contributed by atoms with van der Waals surface area (Å²) in [7, 11) is 0. The summed E-state index contributed by atoms with van der Waals surface area (Å²) in [5.74, 6) is -0.443. The molecule has 5 nitrogen and oxygen atoms in total. The van der Waals surface area contributed by atoms with Gasteiger partial charge in [0.15, 0.2) is 6.61 Å². The maximum absolute atomic E-state index is 10.6. The van der Waals surface area contributed by atoms with Gasteiger partial charge in [-0.25, -0.2) is 4.79 Å². The minimum atomic E-state index is -0.993. The largest absolute Gasteiger partial charge is 0.482 e. The van der Waals surface area contributed by atoms with Crippen molar-refractivity contribution in [2.45, 2.75) is 6.54 Å². The summed E-state index contributed by atoms with van der Waals surface area (Å²) < 4.78 is 5.29. The lowest BCUT2D eigenvalue weighted by Gasteiger charge is -2.27. The molecule has 19 heavy (non-hydrogen) atoms. The summed E-state index contributed by atoms with van der Waals surface area (Å²) in [5, 5.41) is 12.5. The van der Waals surface area contributed by atoms with Crippen LogP contribution >= 0.6 is 11.6 Å². The number of nitrogens with zero attached hydrogens (tertiary/aromatic N) is 1. The van der Waals surface area contributed by atoms with Gasteiger partial charge in [0.2, 0.25) is 0 Å². The van der Waals surface area contributed by atoms with Crippen molar-refractivity contribution < 1.29 is 14.6 Å². The topological polar surface area (TPSA) is 61.8 Å². The summed E-state index contributed by atoms with van der Waals surface area (Å²) in [6.45, 7) is 4.28. The standard InChI is InChI=1S/C13H17ClN2O3/c14-11-2-1-10(8-16-5-3-15-4-6-16)12(7-11)19-9-13(17)18/h1-2,7,15H,3-6,8-9H2,(H,17,18). The maximum atomic E-state index is 10.6. The highest BCUT2D eigenvalue weighted by atomic mass is 35.5. The first-order chi connectivity index (χ1) is 9.15. The number of piperazine rings is 1. The molecule has 0 atom stereocenters. The molecule has 1 aromatic carbocycles. The van der Waals surface area contributed by atoms with Gasteiger partial charge in [0.25, 0.3) is 0 Å². The normalized spacial score (nSPS) is 16.3. The predicted molar refractivity (Wildman–Crippen MR) is 72.7 cm³/mol. The van der Waals surface area contributed by atoms with Gasteiger partial charge in [0.1, 0.15) is 5.75 Å². The molecule has 1 saturated heterocycles. The van der Waals surface area contributed by atoms with Crippen LogP contribution in [0.3, 0.4) is 0 Å². The van der Waals surface area contributed by atoms with Crippen LogP contribution in [0.25, 0.3) is 0 Å². The van der Waals surface area contributed by atoms with E-state index in [0.29, 0.717) is 10.8 Å². The molecule has 1 aromatic rings. The van der Waals surface area contributed by atoms with E-state index in [0.717, 1.165) is 38.3 Å². The van der Waals surface area contributed by atoms with Crippen molar-refractivity contribution >= 4 is 17.6 Å². The zero-order valence-corrected chi connectivity index (χ0v) is 11.3. The molecule has 2 rings (SSSR count). The Morgan fingerprint density at radius 1 is 1.42 bits per heavy atom. The first-order valence-corrected chi connectivity index (χ1v) is 6.59. The average Bonchev–Trinajstić information content (AvgIpc) is 2.40. The highest BCUT2D eigenvalue weighted by molar-refractivity contribution is 6.30. The lowest BCUT2D eigenvalue weighted by Crippen LogP contribution is -2.42. The highest BCUT2D eigenvalue weighted by Gasteiger charge is 2.13. The van der Waals surface area contributed by atoms with Crippen LogP contribution in [0.15, 0.2) is 18.2 Å². The van der Waals surface area contributed by atoms with E-state index in [9.17, 15) is 4.79 Å². The maximum Gasteiger partial charge on any atom is 0.341 e. The van der Waals surface area contributed by atoms with E-state index in [2.05, 4.69) is 10.2 Å². The quantitative estimate of drug-likeness (QED) is 0.851. The van der Waals surface area contributed by atoms with Gasteiger partial charge in [-0.1, -0.05) is 17.7 Å². The Labute approximate surface area is 117 Å². The number of carbonyl (C=O) groups is 1. The van der Waals surface area contributed by atoms with E-state index in [4.69, 9.17) is 21.4 Å². The van der Waals surface area contributed by atoms with Crippen LogP contribution in [0.5, 0.6) is 5.75 Å². The molecule has 0 spiro atoms. The van der Waals surface area contributed by atoms with Gasteiger partial charge in [-0.2, -0.15) is 0 Å². The SMILES string of the molecule is O=C(O)COc1cc(Cl)ccc1CN1CCNCC1. The van der Waals surface area contributed by atoms with Gasteiger partial charge in [-0.15, -0.1) is 0 Å². The van der Waals surface area contributed by atoms with Crippen LogP contribution in [0.2, 0.25) is 5.02 Å². The first-order valence-electron chi connectivity index (χ1n) is 6.21. The summed E-state index contributed by atoms with van der Waals surface area (Å²) in [4.78, 5) is 12.9. The Hall–Kier alpha value is -1.30. The Kier molecular flexibility index (Phi) is 5.01. The second-order valence-corrected chi connectivity index (χ2v) is 4.90. The van der Waals surface area contributed by atoms with Crippen molar-refractivity contribution in [3.05, 3.63) is 28.8 Å². The van der Waals surface area contributed by atoms with Gasteiger partial charge in [-0.05, 0) is 12.1 Å². The fraction of sp³-hybridized carbons (Fsp3) is 0.462. The second kappa shape index (κ2) is 6.75. The van der Waals surface area contributed by atoms with Crippen molar-refractivity contribution in [1.29, 1.82) is 0 Å². The molecule has 104 valence electrons. The monoisotopic (exact) mass is 284 g/mol. The molecule has 1 aliphatic rings. The third-order valence-corrected chi connectivity index (χ3v) is 3.22. The van der Waals surface area contributed by atoms with Gasteiger partial charge in [-0.3, -0.25) is 4.90 Å². The molecule has 1 fully saturated rings. The van der Waals surface area contributed by atoms with Crippen molar-refractivity contribution in [3.8, 4) is 5.75 Å². The Morgan fingerprint density at radius 2 is 2.16 bits per heavy atom. The fourth-order valence-electron chi connectivity index (χ4n) is 2.04. The number of hydrogen-bond acceptors (Lipinski definition) is 4. The molecule has 0 unspecified atom stereocenters. The lowest BCUT2D eigenvalue weighted by atomic mass is 10.1.